The Balaban J connectivity index is 1.41. The maximum atomic E-state index is 15.0. The van der Waals surface area contributed by atoms with Crippen LogP contribution in [0.2, 0.25) is 0 Å². The zero-order valence-corrected chi connectivity index (χ0v) is 25.6. The first-order chi connectivity index (χ1) is 20.1. The van der Waals surface area contributed by atoms with Crippen molar-refractivity contribution in [3.63, 3.8) is 0 Å². The Kier molecular flexibility index (Phi) is 9.19. The second-order valence-corrected chi connectivity index (χ2v) is 13.4. The van der Waals surface area contributed by atoms with Gasteiger partial charge in [0.2, 0.25) is 5.91 Å². The SMILES string of the molecule is Cc1cccc(F)c1C(=O)N1CCCC(C(=O)Nc2cccc(C(C)(C)C)c2)[C@@H]1C1C=CC(NC2CCCCC2)=CC1. The molecule has 3 atom stereocenters. The van der Waals surface area contributed by atoms with E-state index in [1.165, 1.54) is 38.2 Å². The van der Waals surface area contributed by atoms with E-state index in [1.807, 2.05) is 18.2 Å². The van der Waals surface area contributed by atoms with Gasteiger partial charge in [0.25, 0.3) is 5.91 Å². The molecular weight excluding hydrogens is 525 g/mol. The molecule has 1 heterocycles. The van der Waals surface area contributed by atoms with Crippen molar-refractivity contribution >= 4 is 17.5 Å². The predicted octanol–water partition coefficient (Wildman–Crippen LogP) is 7.67. The molecule has 6 heteroatoms. The van der Waals surface area contributed by atoms with E-state index in [9.17, 15) is 9.59 Å². The molecule has 2 unspecified atom stereocenters. The molecule has 42 heavy (non-hydrogen) atoms. The number of likely N-dealkylation sites (tertiary alicyclic amines) is 1. The summed E-state index contributed by atoms with van der Waals surface area (Å²) in [7, 11) is 0. The predicted molar refractivity (Wildman–Crippen MR) is 168 cm³/mol. The van der Waals surface area contributed by atoms with Gasteiger partial charge in [-0.2, -0.15) is 0 Å². The lowest BCUT2D eigenvalue weighted by Crippen LogP contribution is -2.55. The van der Waals surface area contributed by atoms with Crippen LogP contribution in [-0.2, 0) is 10.2 Å². The molecule has 0 spiro atoms. The highest BCUT2D eigenvalue weighted by Gasteiger charge is 2.43. The van der Waals surface area contributed by atoms with E-state index in [-0.39, 0.29) is 34.8 Å². The molecule has 2 N–H and O–H groups in total. The number of piperidine rings is 1. The summed E-state index contributed by atoms with van der Waals surface area (Å²) in [6.07, 6.45) is 14.8. The Labute approximate surface area is 250 Å². The lowest BCUT2D eigenvalue weighted by molar-refractivity contribution is -0.123. The number of benzene rings is 2. The number of amides is 2. The number of aryl methyl sites for hydroxylation is 1. The van der Waals surface area contributed by atoms with Gasteiger partial charge in [0.05, 0.1) is 17.5 Å². The zero-order chi connectivity index (χ0) is 29.9. The topological polar surface area (TPSA) is 61.4 Å². The van der Waals surface area contributed by atoms with Crippen molar-refractivity contribution in [1.29, 1.82) is 0 Å². The summed E-state index contributed by atoms with van der Waals surface area (Å²) in [6.45, 7) is 8.73. The van der Waals surface area contributed by atoms with Gasteiger partial charge < -0.3 is 15.5 Å². The summed E-state index contributed by atoms with van der Waals surface area (Å²) in [5.41, 5.74) is 3.70. The standard InChI is InChI=1S/C36H46FN3O2/c1-24-11-8-17-31(37)32(24)35(42)40-22-10-16-30(34(41)39-29-15-9-12-26(23-29)36(2,3)4)33(40)25-18-20-28(21-19-25)38-27-13-6-5-7-14-27/h8-9,11-12,15,17-18,20-21,23,25,27,30,33,38H,5-7,10,13-14,16,19,22H2,1-4H3,(H,39,41)/t25?,30?,33-/m0/s1. The van der Waals surface area contributed by atoms with Crippen molar-refractivity contribution in [3.8, 4) is 0 Å². The molecule has 1 saturated heterocycles. The van der Waals surface area contributed by atoms with E-state index in [4.69, 9.17) is 0 Å². The van der Waals surface area contributed by atoms with Crippen LogP contribution in [0.25, 0.3) is 0 Å². The molecule has 0 aromatic heterocycles. The van der Waals surface area contributed by atoms with Gasteiger partial charge in [-0.15, -0.1) is 0 Å². The average molecular weight is 572 g/mol. The monoisotopic (exact) mass is 571 g/mol. The Morgan fingerprint density at radius 2 is 1.74 bits per heavy atom. The molecule has 1 saturated carbocycles. The lowest BCUT2D eigenvalue weighted by atomic mass is 9.77. The first-order valence-electron chi connectivity index (χ1n) is 15.7. The Morgan fingerprint density at radius 3 is 2.43 bits per heavy atom. The van der Waals surface area contributed by atoms with E-state index >= 15 is 4.39 Å². The molecule has 2 aromatic carbocycles. The summed E-state index contributed by atoms with van der Waals surface area (Å²) in [5.74, 6) is -1.38. The van der Waals surface area contributed by atoms with Gasteiger partial charge in [0.15, 0.2) is 0 Å². The number of allylic oxidation sites excluding steroid dienone is 2. The molecule has 2 fully saturated rings. The highest BCUT2D eigenvalue weighted by atomic mass is 19.1. The van der Waals surface area contributed by atoms with E-state index in [0.717, 1.165) is 23.4 Å². The van der Waals surface area contributed by atoms with Crippen LogP contribution >= 0.6 is 0 Å². The van der Waals surface area contributed by atoms with Gasteiger partial charge in [-0.3, -0.25) is 9.59 Å². The van der Waals surface area contributed by atoms with Crippen LogP contribution in [0.5, 0.6) is 0 Å². The fraction of sp³-hybridized carbons (Fsp3) is 0.500. The van der Waals surface area contributed by atoms with Crippen LogP contribution in [0, 0.1) is 24.6 Å². The van der Waals surface area contributed by atoms with Crippen molar-refractivity contribution in [1.82, 2.24) is 10.2 Å². The minimum absolute atomic E-state index is 0.0441. The highest BCUT2D eigenvalue weighted by Crippen LogP contribution is 2.36. The quantitative estimate of drug-likeness (QED) is 0.374. The second kappa shape index (κ2) is 12.8. The minimum atomic E-state index is -0.512. The molecule has 5 rings (SSSR count). The Hall–Kier alpha value is -3.41. The normalized spacial score (nSPS) is 23.3. The van der Waals surface area contributed by atoms with E-state index in [1.54, 1.807) is 24.0 Å². The molecule has 0 bridgehead atoms. The number of carbonyl (C=O) groups excluding carboxylic acids is 2. The number of halogens is 1. The van der Waals surface area contributed by atoms with Crippen LogP contribution in [0.1, 0.15) is 93.6 Å². The summed E-state index contributed by atoms with van der Waals surface area (Å²) >= 11 is 0. The Morgan fingerprint density at radius 1 is 0.976 bits per heavy atom. The molecule has 0 radical (unpaired) electrons. The third-order valence-electron chi connectivity index (χ3n) is 9.26. The maximum Gasteiger partial charge on any atom is 0.257 e. The van der Waals surface area contributed by atoms with Crippen molar-refractivity contribution < 1.29 is 14.0 Å². The number of nitrogens with zero attached hydrogens (tertiary/aromatic N) is 1. The first kappa shape index (κ1) is 30.1. The molecule has 2 amide bonds. The van der Waals surface area contributed by atoms with Gasteiger partial charge in [0, 0.05) is 29.9 Å². The minimum Gasteiger partial charge on any atom is -0.383 e. The van der Waals surface area contributed by atoms with Crippen molar-refractivity contribution in [2.24, 2.45) is 11.8 Å². The Bertz CT molecular complexity index is 1330. The molecule has 3 aliphatic rings. The van der Waals surface area contributed by atoms with Crippen LogP contribution in [0.4, 0.5) is 10.1 Å². The number of carbonyl (C=O) groups is 2. The molecule has 1 aliphatic heterocycles. The van der Waals surface area contributed by atoms with Crippen LogP contribution in [0.3, 0.4) is 0 Å². The lowest BCUT2D eigenvalue weighted by Gasteiger charge is -2.44. The summed E-state index contributed by atoms with van der Waals surface area (Å²) in [5, 5.41) is 6.88. The van der Waals surface area contributed by atoms with Crippen molar-refractivity contribution in [2.75, 3.05) is 11.9 Å². The number of rotatable bonds is 6. The van der Waals surface area contributed by atoms with Crippen LogP contribution in [0.15, 0.2) is 66.4 Å². The average Bonchev–Trinajstić information content (AvgIpc) is 2.97. The van der Waals surface area contributed by atoms with Crippen LogP contribution < -0.4 is 10.6 Å². The number of nitrogens with one attached hydrogen (secondary N) is 2. The molecule has 224 valence electrons. The largest absolute Gasteiger partial charge is 0.383 e. The molecule has 2 aliphatic carbocycles. The fourth-order valence-electron chi connectivity index (χ4n) is 6.90. The fourth-order valence-corrected chi connectivity index (χ4v) is 6.90. The summed E-state index contributed by atoms with van der Waals surface area (Å²) in [4.78, 5) is 29.8. The molecule has 5 nitrogen and oxygen atoms in total. The maximum absolute atomic E-state index is 15.0. The first-order valence-corrected chi connectivity index (χ1v) is 15.7. The van der Waals surface area contributed by atoms with Gasteiger partial charge in [-0.1, -0.05) is 76.5 Å². The van der Waals surface area contributed by atoms with Gasteiger partial charge in [0.1, 0.15) is 5.82 Å². The molecule has 2 aromatic rings. The van der Waals surface area contributed by atoms with Gasteiger partial charge in [-0.05, 0) is 79.8 Å². The van der Waals surface area contributed by atoms with Crippen LogP contribution in [-0.4, -0.2) is 35.3 Å². The van der Waals surface area contributed by atoms with E-state index in [2.05, 4.69) is 55.7 Å². The van der Waals surface area contributed by atoms with Crippen molar-refractivity contribution in [3.05, 3.63) is 88.9 Å². The molecular formula is C36H46FN3O2. The van der Waals surface area contributed by atoms with Gasteiger partial charge >= 0.3 is 0 Å². The van der Waals surface area contributed by atoms with Crippen molar-refractivity contribution in [2.45, 2.75) is 96.6 Å². The smallest absolute Gasteiger partial charge is 0.257 e. The van der Waals surface area contributed by atoms with Gasteiger partial charge in [-0.25, -0.2) is 4.39 Å². The number of anilines is 1. The third-order valence-corrected chi connectivity index (χ3v) is 9.26. The zero-order valence-electron chi connectivity index (χ0n) is 25.6. The second-order valence-electron chi connectivity index (χ2n) is 13.4. The number of hydrogen-bond acceptors (Lipinski definition) is 3. The summed E-state index contributed by atoms with van der Waals surface area (Å²) < 4.78 is 15.0. The highest BCUT2D eigenvalue weighted by molar-refractivity contribution is 5.98. The summed E-state index contributed by atoms with van der Waals surface area (Å²) in [6, 6.07) is 12.9. The third kappa shape index (κ3) is 6.79. The number of hydrogen-bond donors (Lipinski definition) is 2. The van der Waals surface area contributed by atoms with E-state index in [0.29, 0.717) is 31.0 Å². The van der Waals surface area contributed by atoms with E-state index < -0.39 is 11.7 Å².